The number of nitrogens with one attached hydrogen (secondary N) is 2. The van der Waals surface area contributed by atoms with Crippen LogP contribution in [0.5, 0.6) is 0 Å². The maximum Gasteiger partial charge on any atom is 0.236 e. The van der Waals surface area contributed by atoms with Crippen LogP contribution in [-0.2, 0) is 4.79 Å². The highest BCUT2D eigenvalue weighted by molar-refractivity contribution is 5.81. The summed E-state index contributed by atoms with van der Waals surface area (Å²) < 4.78 is 0. The van der Waals surface area contributed by atoms with Crippen LogP contribution in [0.4, 0.5) is 0 Å². The van der Waals surface area contributed by atoms with Crippen LogP contribution in [0.2, 0.25) is 0 Å². The maximum atomic E-state index is 10.8. The molecule has 0 rings (SSSR count). The van der Waals surface area contributed by atoms with Gasteiger partial charge in [-0.3, -0.25) is 4.79 Å². The Morgan fingerprint density at radius 1 is 1.67 bits per heavy atom. The summed E-state index contributed by atoms with van der Waals surface area (Å²) >= 11 is 0. The van der Waals surface area contributed by atoms with Crippen LogP contribution in [0, 0.1) is 0 Å². The summed E-state index contributed by atoms with van der Waals surface area (Å²) in [5, 5.41) is 5.53. The van der Waals surface area contributed by atoms with Crippen LogP contribution in [0.15, 0.2) is 0 Å². The number of amides is 1. The molecule has 9 heavy (non-hydrogen) atoms. The molecule has 0 spiro atoms. The molecule has 1 atom stereocenters. The molecule has 1 amide bonds. The molecule has 0 heterocycles. The Bertz CT molecular complexity index is 93.1. The minimum absolute atomic E-state index is 0.0556. The first-order chi connectivity index (χ1) is 4.22. The number of rotatable bonds is 3. The maximum absolute atomic E-state index is 10.8. The molecule has 0 bridgehead atoms. The minimum Gasteiger partial charge on any atom is -0.355 e. The van der Waals surface area contributed by atoms with Gasteiger partial charge in [-0.05, 0) is 20.9 Å². The van der Waals surface area contributed by atoms with Gasteiger partial charge in [0.15, 0.2) is 0 Å². The van der Waals surface area contributed by atoms with E-state index >= 15 is 0 Å². The summed E-state index contributed by atoms with van der Waals surface area (Å²) in [6.45, 7) is 4.43. The van der Waals surface area contributed by atoms with Crippen LogP contribution in [-0.4, -0.2) is 25.5 Å². The van der Waals surface area contributed by atoms with E-state index in [1.165, 1.54) is 0 Å². The molecule has 0 aromatic rings. The number of hydrogen-bond donors (Lipinski definition) is 2. The first-order valence-corrected chi connectivity index (χ1v) is 3.17. The molecule has 54 valence electrons. The molecule has 3 heteroatoms. The van der Waals surface area contributed by atoms with E-state index in [0.29, 0.717) is 6.54 Å². The van der Waals surface area contributed by atoms with Crippen molar-refractivity contribution < 1.29 is 4.79 Å². The van der Waals surface area contributed by atoms with Gasteiger partial charge in [-0.2, -0.15) is 0 Å². The second-order valence-electron chi connectivity index (χ2n) is 1.90. The molecule has 0 fully saturated rings. The lowest BCUT2D eigenvalue weighted by Crippen LogP contribution is -2.40. The summed E-state index contributed by atoms with van der Waals surface area (Å²) in [4.78, 5) is 10.8. The molecule has 0 aliphatic heterocycles. The largest absolute Gasteiger partial charge is 0.355 e. The van der Waals surface area contributed by atoms with Crippen LogP contribution in [0.3, 0.4) is 0 Å². The normalized spacial score (nSPS) is 12.8. The molecule has 0 saturated heterocycles. The lowest BCUT2D eigenvalue weighted by molar-refractivity contribution is -0.122. The van der Waals surface area contributed by atoms with Gasteiger partial charge in [-0.25, -0.2) is 0 Å². The molecule has 0 saturated carbocycles. The van der Waals surface area contributed by atoms with E-state index in [-0.39, 0.29) is 11.9 Å². The van der Waals surface area contributed by atoms with Crippen LogP contribution in [0.1, 0.15) is 13.8 Å². The smallest absolute Gasteiger partial charge is 0.236 e. The third kappa shape index (κ3) is 3.08. The van der Waals surface area contributed by atoms with Gasteiger partial charge in [0.1, 0.15) is 0 Å². The molecular weight excluding hydrogens is 116 g/mol. The molecular formula is C6H14N2O. The van der Waals surface area contributed by atoms with E-state index in [2.05, 4.69) is 10.6 Å². The first-order valence-electron chi connectivity index (χ1n) is 3.17. The number of hydrogen-bond acceptors (Lipinski definition) is 2. The second-order valence-corrected chi connectivity index (χ2v) is 1.90. The standard InChI is InChI=1S/C6H14N2O/c1-4-8-6(9)5(2)7-3/h5,7H,4H2,1-3H3,(H,8,9). The average molecular weight is 130 g/mol. The Kier molecular flexibility index (Phi) is 4.05. The van der Waals surface area contributed by atoms with Crippen molar-refractivity contribution in [3.63, 3.8) is 0 Å². The fourth-order valence-electron chi connectivity index (χ4n) is 0.458. The summed E-state index contributed by atoms with van der Waals surface area (Å²) in [6, 6.07) is -0.0788. The summed E-state index contributed by atoms with van der Waals surface area (Å²) in [6.07, 6.45) is 0. The highest BCUT2D eigenvalue weighted by Crippen LogP contribution is 1.76. The Hall–Kier alpha value is -0.570. The molecule has 0 aromatic heterocycles. The lowest BCUT2D eigenvalue weighted by Gasteiger charge is -2.08. The molecule has 0 radical (unpaired) electrons. The van der Waals surface area contributed by atoms with Crippen LogP contribution < -0.4 is 10.6 Å². The van der Waals surface area contributed by atoms with Crippen molar-refractivity contribution in [2.75, 3.05) is 13.6 Å². The van der Waals surface area contributed by atoms with Crippen molar-refractivity contribution in [1.29, 1.82) is 0 Å². The third-order valence-electron chi connectivity index (χ3n) is 1.18. The van der Waals surface area contributed by atoms with Crippen LogP contribution >= 0.6 is 0 Å². The third-order valence-corrected chi connectivity index (χ3v) is 1.18. The second kappa shape index (κ2) is 4.32. The van der Waals surface area contributed by atoms with E-state index < -0.39 is 0 Å². The van der Waals surface area contributed by atoms with Gasteiger partial charge in [0.05, 0.1) is 6.04 Å². The Balaban J connectivity index is 3.46. The highest BCUT2D eigenvalue weighted by atomic mass is 16.2. The zero-order chi connectivity index (χ0) is 7.28. The van der Waals surface area contributed by atoms with Gasteiger partial charge >= 0.3 is 0 Å². The molecule has 0 aromatic carbocycles. The predicted molar refractivity (Wildman–Crippen MR) is 37.2 cm³/mol. The average Bonchev–Trinajstić information content (AvgIpc) is 1.87. The fraction of sp³-hybridized carbons (Fsp3) is 0.833. The number of carbonyl (C=O) groups excluding carboxylic acids is 1. The van der Waals surface area contributed by atoms with E-state index in [1.807, 2.05) is 13.8 Å². The summed E-state index contributed by atoms with van der Waals surface area (Å²) in [5.74, 6) is 0.0556. The quantitative estimate of drug-likeness (QED) is 0.552. The number of likely N-dealkylation sites (N-methyl/N-ethyl adjacent to an activating group) is 2. The van der Waals surface area contributed by atoms with E-state index in [1.54, 1.807) is 7.05 Å². The van der Waals surface area contributed by atoms with Crippen molar-refractivity contribution in [3.8, 4) is 0 Å². The van der Waals surface area contributed by atoms with Crippen molar-refractivity contribution in [3.05, 3.63) is 0 Å². The topological polar surface area (TPSA) is 41.1 Å². The Morgan fingerprint density at radius 2 is 2.22 bits per heavy atom. The molecule has 0 aliphatic carbocycles. The lowest BCUT2D eigenvalue weighted by atomic mass is 10.3. The predicted octanol–water partition coefficient (Wildman–Crippen LogP) is -0.270. The van der Waals surface area contributed by atoms with Gasteiger partial charge in [-0.1, -0.05) is 0 Å². The zero-order valence-corrected chi connectivity index (χ0v) is 6.19. The zero-order valence-electron chi connectivity index (χ0n) is 6.19. The highest BCUT2D eigenvalue weighted by Gasteiger charge is 2.06. The van der Waals surface area contributed by atoms with Crippen molar-refractivity contribution in [2.45, 2.75) is 19.9 Å². The molecule has 3 nitrogen and oxygen atoms in total. The van der Waals surface area contributed by atoms with E-state index in [0.717, 1.165) is 0 Å². The summed E-state index contributed by atoms with van der Waals surface area (Å²) in [5.41, 5.74) is 0. The van der Waals surface area contributed by atoms with E-state index in [4.69, 9.17) is 0 Å². The Labute approximate surface area is 55.8 Å². The van der Waals surface area contributed by atoms with Gasteiger partial charge in [-0.15, -0.1) is 0 Å². The monoisotopic (exact) mass is 130 g/mol. The first kappa shape index (κ1) is 8.43. The van der Waals surface area contributed by atoms with Gasteiger partial charge in [0, 0.05) is 6.54 Å². The molecule has 2 N–H and O–H groups in total. The minimum atomic E-state index is -0.0788. The van der Waals surface area contributed by atoms with E-state index in [9.17, 15) is 4.79 Å². The molecule has 0 aliphatic rings. The number of carbonyl (C=O) groups is 1. The fourth-order valence-corrected chi connectivity index (χ4v) is 0.458. The Morgan fingerprint density at radius 3 is 2.56 bits per heavy atom. The SMILES string of the molecule is CCNC(=O)C(C)NC. The van der Waals surface area contributed by atoms with Gasteiger partial charge in [0.25, 0.3) is 0 Å². The molecule has 1 unspecified atom stereocenters. The van der Waals surface area contributed by atoms with Crippen molar-refractivity contribution in [1.82, 2.24) is 10.6 Å². The van der Waals surface area contributed by atoms with Gasteiger partial charge in [0.2, 0.25) is 5.91 Å². The summed E-state index contributed by atoms with van der Waals surface area (Å²) in [7, 11) is 1.76. The van der Waals surface area contributed by atoms with Gasteiger partial charge < -0.3 is 10.6 Å². The van der Waals surface area contributed by atoms with Crippen molar-refractivity contribution >= 4 is 5.91 Å². The van der Waals surface area contributed by atoms with Crippen molar-refractivity contribution in [2.24, 2.45) is 0 Å². The van der Waals surface area contributed by atoms with Crippen LogP contribution in [0.25, 0.3) is 0 Å².